The van der Waals surface area contributed by atoms with Crippen molar-refractivity contribution < 1.29 is 19.2 Å². The number of non-ortho nitro benzene ring substituents is 1. The van der Waals surface area contributed by atoms with Crippen molar-refractivity contribution in [3.05, 3.63) is 40.6 Å². The Morgan fingerprint density at radius 3 is 2.90 bits per heavy atom. The lowest BCUT2D eigenvalue weighted by Crippen LogP contribution is -2.05. The fourth-order valence-electron chi connectivity index (χ4n) is 1.91. The Bertz CT molecular complexity index is 671. The maximum absolute atomic E-state index is 11.0. The van der Waals surface area contributed by atoms with Crippen LogP contribution in [0.3, 0.4) is 0 Å². The Morgan fingerprint density at radius 1 is 1.38 bits per heavy atom. The summed E-state index contributed by atoms with van der Waals surface area (Å²) in [7, 11) is 1.33. The van der Waals surface area contributed by atoms with Crippen molar-refractivity contribution in [3.8, 4) is 5.75 Å². The Labute approximate surface area is 120 Å². The van der Waals surface area contributed by atoms with Crippen molar-refractivity contribution in [1.29, 1.82) is 0 Å². The summed E-state index contributed by atoms with van der Waals surface area (Å²) in [5, 5.41) is 11.4. The Morgan fingerprint density at radius 2 is 2.19 bits per heavy atom. The second-order valence-corrected chi connectivity index (χ2v) is 4.27. The number of ether oxygens (including phenoxy) is 2. The van der Waals surface area contributed by atoms with E-state index < -0.39 is 4.92 Å². The van der Waals surface area contributed by atoms with Crippen molar-refractivity contribution in [2.75, 3.05) is 13.7 Å². The van der Waals surface area contributed by atoms with Gasteiger partial charge in [0.25, 0.3) is 5.69 Å². The maximum Gasteiger partial charge on any atom is 0.305 e. The van der Waals surface area contributed by atoms with Crippen LogP contribution in [0.15, 0.2) is 30.5 Å². The van der Waals surface area contributed by atoms with Crippen LogP contribution in [0, 0.1) is 10.1 Å². The lowest BCUT2D eigenvalue weighted by Gasteiger charge is -2.08. The van der Waals surface area contributed by atoms with Crippen LogP contribution in [-0.4, -0.2) is 29.6 Å². The quantitative estimate of drug-likeness (QED) is 0.351. The number of pyridine rings is 1. The number of methoxy groups -OCH3 is 1. The standard InChI is InChI=1S/C14H14N2O5/c1-20-13(17)5-3-9-21-12-7-6-11(16(18)19)10-4-2-8-15-14(10)12/h2,4,6-8H,3,5,9H2,1H3. The lowest BCUT2D eigenvalue weighted by atomic mass is 10.1. The van der Waals surface area contributed by atoms with Crippen molar-refractivity contribution in [2.45, 2.75) is 12.8 Å². The minimum Gasteiger partial charge on any atom is -0.491 e. The molecule has 0 unspecified atom stereocenters. The zero-order chi connectivity index (χ0) is 15.2. The number of aromatic nitrogens is 1. The Balaban J connectivity index is 2.16. The van der Waals surface area contributed by atoms with Crippen molar-refractivity contribution in [1.82, 2.24) is 4.98 Å². The summed E-state index contributed by atoms with van der Waals surface area (Å²) < 4.78 is 10.1. The number of esters is 1. The number of fused-ring (bicyclic) bond motifs is 1. The number of nitro benzene ring substituents is 1. The molecule has 7 heteroatoms. The molecule has 0 aliphatic rings. The van der Waals surface area contributed by atoms with Gasteiger partial charge in [0.05, 0.1) is 24.0 Å². The number of rotatable bonds is 6. The zero-order valence-electron chi connectivity index (χ0n) is 11.4. The van der Waals surface area contributed by atoms with Crippen LogP contribution in [0.25, 0.3) is 10.9 Å². The van der Waals surface area contributed by atoms with E-state index in [1.807, 2.05) is 0 Å². The van der Waals surface area contributed by atoms with Crippen LogP contribution in [0.4, 0.5) is 5.69 Å². The third-order valence-corrected chi connectivity index (χ3v) is 2.92. The third-order valence-electron chi connectivity index (χ3n) is 2.92. The monoisotopic (exact) mass is 290 g/mol. The minimum absolute atomic E-state index is 0.0139. The third kappa shape index (κ3) is 3.44. The van der Waals surface area contributed by atoms with Gasteiger partial charge in [0.1, 0.15) is 11.3 Å². The Hall–Kier alpha value is -2.70. The summed E-state index contributed by atoms with van der Waals surface area (Å²) in [4.78, 5) is 25.7. The molecule has 0 saturated carbocycles. The molecule has 2 aromatic rings. The molecule has 0 fully saturated rings. The maximum atomic E-state index is 11.0. The van der Waals surface area contributed by atoms with E-state index in [2.05, 4.69) is 9.72 Å². The van der Waals surface area contributed by atoms with Crippen LogP contribution < -0.4 is 4.74 Å². The van der Waals surface area contributed by atoms with Gasteiger partial charge in [-0.05, 0) is 24.6 Å². The Kier molecular flexibility index (Phi) is 4.65. The van der Waals surface area contributed by atoms with Gasteiger partial charge >= 0.3 is 5.97 Å². The molecule has 0 spiro atoms. The van der Waals surface area contributed by atoms with Gasteiger partial charge in [-0.1, -0.05) is 0 Å². The second-order valence-electron chi connectivity index (χ2n) is 4.27. The molecule has 0 radical (unpaired) electrons. The molecule has 0 N–H and O–H groups in total. The van der Waals surface area contributed by atoms with Gasteiger partial charge in [-0.2, -0.15) is 0 Å². The average molecular weight is 290 g/mol. The zero-order valence-corrected chi connectivity index (χ0v) is 11.4. The fourth-order valence-corrected chi connectivity index (χ4v) is 1.91. The molecular weight excluding hydrogens is 276 g/mol. The van der Waals surface area contributed by atoms with E-state index in [4.69, 9.17) is 4.74 Å². The summed E-state index contributed by atoms with van der Waals surface area (Å²) in [6, 6.07) is 6.17. The molecule has 0 aliphatic heterocycles. The molecular formula is C14H14N2O5. The van der Waals surface area contributed by atoms with Crippen molar-refractivity contribution >= 4 is 22.6 Å². The summed E-state index contributed by atoms with van der Waals surface area (Å²) in [6.45, 7) is 0.304. The van der Waals surface area contributed by atoms with Gasteiger partial charge in [0, 0.05) is 18.7 Å². The number of benzene rings is 1. The lowest BCUT2D eigenvalue weighted by molar-refractivity contribution is -0.383. The number of nitrogens with zero attached hydrogens (tertiary/aromatic N) is 2. The van der Waals surface area contributed by atoms with Gasteiger partial charge in [-0.3, -0.25) is 19.9 Å². The first-order chi connectivity index (χ1) is 10.1. The smallest absolute Gasteiger partial charge is 0.305 e. The summed E-state index contributed by atoms with van der Waals surface area (Å²) >= 11 is 0. The number of nitro groups is 1. The number of hydrogen-bond acceptors (Lipinski definition) is 6. The highest BCUT2D eigenvalue weighted by Gasteiger charge is 2.15. The van der Waals surface area contributed by atoms with Crippen LogP contribution in [-0.2, 0) is 9.53 Å². The van der Waals surface area contributed by atoms with Crippen LogP contribution in [0.5, 0.6) is 5.75 Å². The number of hydrogen-bond donors (Lipinski definition) is 0. The first kappa shape index (κ1) is 14.7. The molecule has 110 valence electrons. The topological polar surface area (TPSA) is 91.6 Å². The summed E-state index contributed by atoms with van der Waals surface area (Å²) in [6.07, 6.45) is 2.31. The van der Waals surface area contributed by atoms with E-state index in [-0.39, 0.29) is 18.1 Å². The summed E-state index contributed by atoms with van der Waals surface area (Å²) in [5.41, 5.74) is 0.421. The van der Waals surface area contributed by atoms with Crippen LogP contribution in [0.2, 0.25) is 0 Å². The molecule has 0 amide bonds. The SMILES string of the molecule is COC(=O)CCCOc1ccc([N+](=O)[O-])c2cccnc12. The molecule has 7 nitrogen and oxygen atoms in total. The van der Waals surface area contributed by atoms with Crippen LogP contribution >= 0.6 is 0 Å². The second kappa shape index (κ2) is 6.65. The predicted octanol–water partition coefficient (Wildman–Crippen LogP) is 2.48. The van der Waals surface area contributed by atoms with Gasteiger partial charge in [0.2, 0.25) is 0 Å². The highest BCUT2D eigenvalue weighted by atomic mass is 16.6. The molecule has 1 aromatic carbocycles. The van der Waals surface area contributed by atoms with E-state index in [0.29, 0.717) is 29.7 Å². The molecule has 0 saturated heterocycles. The largest absolute Gasteiger partial charge is 0.491 e. The highest BCUT2D eigenvalue weighted by molar-refractivity contribution is 5.92. The van der Waals surface area contributed by atoms with Gasteiger partial charge in [-0.25, -0.2) is 0 Å². The van der Waals surface area contributed by atoms with Gasteiger partial charge < -0.3 is 9.47 Å². The normalized spacial score (nSPS) is 10.3. The number of carbonyl (C=O) groups is 1. The van der Waals surface area contributed by atoms with Gasteiger partial charge in [-0.15, -0.1) is 0 Å². The van der Waals surface area contributed by atoms with E-state index in [9.17, 15) is 14.9 Å². The number of carbonyl (C=O) groups excluding carboxylic acids is 1. The minimum atomic E-state index is -0.453. The summed E-state index contributed by atoms with van der Waals surface area (Å²) in [5.74, 6) is 0.159. The molecule has 0 atom stereocenters. The van der Waals surface area contributed by atoms with Crippen LogP contribution in [0.1, 0.15) is 12.8 Å². The fraction of sp³-hybridized carbons (Fsp3) is 0.286. The van der Waals surface area contributed by atoms with E-state index in [1.54, 1.807) is 18.3 Å². The van der Waals surface area contributed by atoms with Crippen molar-refractivity contribution in [2.24, 2.45) is 0 Å². The highest BCUT2D eigenvalue weighted by Crippen LogP contribution is 2.31. The molecule has 0 aliphatic carbocycles. The van der Waals surface area contributed by atoms with Crippen molar-refractivity contribution in [3.63, 3.8) is 0 Å². The van der Waals surface area contributed by atoms with Gasteiger partial charge in [0.15, 0.2) is 0 Å². The predicted molar refractivity (Wildman–Crippen MR) is 75.1 cm³/mol. The van der Waals surface area contributed by atoms with E-state index >= 15 is 0 Å². The average Bonchev–Trinajstić information content (AvgIpc) is 2.50. The first-order valence-corrected chi connectivity index (χ1v) is 6.35. The first-order valence-electron chi connectivity index (χ1n) is 6.35. The molecule has 1 aromatic heterocycles. The van der Waals surface area contributed by atoms with E-state index in [0.717, 1.165) is 0 Å². The van der Waals surface area contributed by atoms with E-state index in [1.165, 1.54) is 19.2 Å². The molecule has 1 heterocycles. The molecule has 21 heavy (non-hydrogen) atoms. The molecule has 2 rings (SSSR count). The molecule has 0 bridgehead atoms.